The van der Waals surface area contributed by atoms with Gasteiger partial charge < -0.3 is 15.4 Å². The molecule has 0 unspecified atom stereocenters. The summed E-state index contributed by atoms with van der Waals surface area (Å²) in [5.74, 6) is -0.987. The number of H-pyrrole nitrogens is 1. The van der Waals surface area contributed by atoms with Crippen molar-refractivity contribution in [2.24, 2.45) is 0 Å². The van der Waals surface area contributed by atoms with Gasteiger partial charge in [0.05, 0.1) is 0 Å². The number of urea groups is 1. The summed E-state index contributed by atoms with van der Waals surface area (Å²) in [6.07, 6.45) is 1.19. The van der Waals surface area contributed by atoms with Crippen LogP contribution in [0.25, 0.3) is 10.9 Å². The molecule has 146 valence electrons. The Balaban J connectivity index is 1.94. The second kappa shape index (κ2) is 7.31. The molecule has 7 heteroatoms. The van der Waals surface area contributed by atoms with Crippen LogP contribution < -0.4 is 5.32 Å². The van der Waals surface area contributed by atoms with E-state index in [2.05, 4.69) is 23.3 Å². The molecule has 3 N–H and O–H groups in total. The predicted molar refractivity (Wildman–Crippen MR) is 110 cm³/mol. The molecule has 0 saturated carbocycles. The second-order valence-corrected chi connectivity index (χ2v) is 8.12. The van der Waals surface area contributed by atoms with Gasteiger partial charge in [0.25, 0.3) is 0 Å². The third-order valence-electron chi connectivity index (χ3n) is 5.28. The highest BCUT2D eigenvalue weighted by Crippen LogP contribution is 2.43. The minimum absolute atomic E-state index is 0.286. The molecule has 0 spiro atoms. The quantitative estimate of drug-likeness (QED) is 0.624. The number of thiophene rings is 1. The number of aryl methyl sites for hydroxylation is 1. The van der Waals surface area contributed by atoms with Gasteiger partial charge in [-0.2, -0.15) is 0 Å². The number of para-hydroxylation sites is 1. The van der Waals surface area contributed by atoms with E-state index < -0.39 is 18.1 Å². The van der Waals surface area contributed by atoms with Crippen LogP contribution in [0.2, 0.25) is 0 Å². The van der Waals surface area contributed by atoms with E-state index in [1.807, 2.05) is 37.3 Å². The molecule has 2 aromatic heterocycles. The minimum atomic E-state index is -0.987. The van der Waals surface area contributed by atoms with Gasteiger partial charge in [-0.05, 0) is 37.1 Å². The average Bonchev–Trinajstić information content (AvgIpc) is 3.31. The van der Waals surface area contributed by atoms with Gasteiger partial charge in [0, 0.05) is 39.3 Å². The summed E-state index contributed by atoms with van der Waals surface area (Å²) in [5.41, 5.74) is 2.86. The summed E-state index contributed by atoms with van der Waals surface area (Å²) in [6.45, 7) is 4.37. The number of carbonyl (C=O) groups excluding carboxylic acids is 1. The smallest absolute Gasteiger partial charge is 0.326 e. The Morgan fingerprint density at radius 1 is 1.25 bits per heavy atom. The summed E-state index contributed by atoms with van der Waals surface area (Å²) in [4.78, 5) is 32.2. The molecule has 0 saturated heterocycles. The number of fused-ring (bicyclic) bond motifs is 3. The van der Waals surface area contributed by atoms with Crippen molar-refractivity contribution in [3.8, 4) is 0 Å². The number of amides is 2. The third kappa shape index (κ3) is 2.96. The van der Waals surface area contributed by atoms with Crippen LogP contribution in [0.4, 0.5) is 4.79 Å². The van der Waals surface area contributed by atoms with Crippen LogP contribution in [-0.2, 0) is 17.6 Å². The Kier molecular flexibility index (Phi) is 4.85. The fourth-order valence-electron chi connectivity index (χ4n) is 4.00. The van der Waals surface area contributed by atoms with E-state index in [9.17, 15) is 14.7 Å². The number of aromatic nitrogens is 1. The van der Waals surface area contributed by atoms with Gasteiger partial charge in [-0.3, -0.25) is 4.90 Å². The molecule has 1 aliphatic heterocycles. The van der Waals surface area contributed by atoms with Crippen LogP contribution in [0.3, 0.4) is 0 Å². The van der Waals surface area contributed by atoms with Crippen molar-refractivity contribution in [2.75, 3.05) is 6.54 Å². The van der Waals surface area contributed by atoms with Gasteiger partial charge in [0.2, 0.25) is 0 Å². The molecular formula is C21H23N3O3S. The highest BCUT2D eigenvalue weighted by Gasteiger charge is 2.44. The Hall–Kier alpha value is -2.80. The normalized spacial score (nSPS) is 18.9. The highest BCUT2D eigenvalue weighted by molar-refractivity contribution is 7.12. The molecule has 1 aromatic carbocycles. The molecule has 0 aliphatic carbocycles. The second-order valence-electron chi connectivity index (χ2n) is 6.92. The first-order chi connectivity index (χ1) is 13.5. The van der Waals surface area contributed by atoms with Crippen molar-refractivity contribution in [2.45, 2.75) is 38.8 Å². The maximum absolute atomic E-state index is 12.9. The first-order valence-electron chi connectivity index (χ1n) is 9.52. The largest absolute Gasteiger partial charge is 0.480 e. The van der Waals surface area contributed by atoms with Gasteiger partial charge in [-0.15, -0.1) is 11.3 Å². The van der Waals surface area contributed by atoms with E-state index in [4.69, 9.17) is 0 Å². The first-order valence-corrected chi connectivity index (χ1v) is 10.3. The summed E-state index contributed by atoms with van der Waals surface area (Å²) in [6, 6.07) is 10.3. The van der Waals surface area contributed by atoms with Gasteiger partial charge in [-0.25, -0.2) is 9.59 Å². The maximum atomic E-state index is 12.9. The summed E-state index contributed by atoms with van der Waals surface area (Å²) in [7, 11) is 0. The van der Waals surface area contributed by atoms with E-state index in [0.717, 1.165) is 33.5 Å². The van der Waals surface area contributed by atoms with Crippen molar-refractivity contribution in [1.82, 2.24) is 15.2 Å². The molecule has 2 atom stereocenters. The average molecular weight is 398 g/mol. The zero-order valence-electron chi connectivity index (χ0n) is 15.9. The summed E-state index contributed by atoms with van der Waals surface area (Å²) >= 11 is 1.63. The molecule has 0 fully saturated rings. The van der Waals surface area contributed by atoms with Crippen LogP contribution >= 0.6 is 11.3 Å². The van der Waals surface area contributed by atoms with E-state index >= 15 is 0 Å². The van der Waals surface area contributed by atoms with Gasteiger partial charge in [0.1, 0.15) is 12.1 Å². The van der Waals surface area contributed by atoms with Crippen molar-refractivity contribution in [3.05, 3.63) is 57.4 Å². The topological polar surface area (TPSA) is 85.4 Å². The number of aromatic amines is 1. The highest BCUT2D eigenvalue weighted by atomic mass is 32.1. The number of carboxylic acids is 1. The van der Waals surface area contributed by atoms with Crippen LogP contribution in [0.15, 0.2) is 36.4 Å². The van der Waals surface area contributed by atoms with Crippen LogP contribution in [0.1, 0.15) is 40.9 Å². The standard InChI is InChI=1S/C21H23N3O3S/c1-3-12-9-10-17(28-12)19-18-14(13-7-5-6-8-15(13)23-18)11-16(20(25)26)24(19)21(27)22-4-2/h5-10,16,19,23H,3-4,11H2,1-2H3,(H,22,27)(H,25,26)/t16-,19-/m0/s1. The van der Waals surface area contributed by atoms with Crippen molar-refractivity contribution in [3.63, 3.8) is 0 Å². The van der Waals surface area contributed by atoms with E-state index in [-0.39, 0.29) is 12.5 Å². The lowest BCUT2D eigenvalue weighted by Crippen LogP contribution is -2.54. The van der Waals surface area contributed by atoms with Crippen LogP contribution in [0, 0.1) is 0 Å². The third-order valence-corrected chi connectivity index (χ3v) is 6.56. The Morgan fingerprint density at radius 2 is 2.04 bits per heavy atom. The van der Waals surface area contributed by atoms with E-state index in [1.54, 1.807) is 11.3 Å². The molecule has 28 heavy (non-hydrogen) atoms. The molecule has 3 aromatic rings. The van der Waals surface area contributed by atoms with Gasteiger partial charge >= 0.3 is 12.0 Å². The molecule has 4 rings (SSSR count). The summed E-state index contributed by atoms with van der Waals surface area (Å²) in [5, 5.41) is 13.8. The predicted octanol–water partition coefficient (Wildman–Crippen LogP) is 3.92. The van der Waals surface area contributed by atoms with E-state index in [0.29, 0.717) is 6.54 Å². The monoisotopic (exact) mass is 397 g/mol. The van der Waals surface area contributed by atoms with E-state index in [1.165, 1.54) is 9.78 Å². The lowest BCUT2D eigenvalue weighted by molar-refractivity contribution is -0.143. The number of hydrogen-bond donors (Lipinski definition) is 3. The molecule has 2 amide bonds. The van der Waals surface area contributed by atoms with Gasteiger partial charge in [0.15, 0.2) is 0 Å². The zero-order chi connectivity index (χ0) is 19.8. The fraction of sp³-hybridized carbons (Fsp3) is 0.333. The minimum Gasteiger partial charge on any atom is -0.480 e. The number of rotatable bonds is 4. The lowest BCUT2D eigenvalue weighted by Gasteiger charge is -2.39. The first kappa shape index (κ1) is 18.6. The number of nitrogens with one attached hydrogen (secondary N) is 2. The van der Waals surface area contributed by atoms with Crippen LogP contribution in [-0.4, -0.2) is 39.6 Å². The number of hydrogen-bond acceptors (Lipinski definition) is 3. The number of nitrogens with zero attached hydrogens (tertiary/aromatic N) is 1. The van der Waals surface area contributed by atoms with Crippen LogP contribution in [0.5, 0.6) is 0 Å². The van der Waals surface area contributed by atoms with Crippen molar-refractivity contribution < 1.29 is 14.7 Å². The summed E-state index contributed by atoms with van der Waals surface area (Å²) < 4.78 is 0. The number of benzene rings is 1. The molecular weight excluding hydrogens is 374 g/mol. The molecule has 0 bridgehead atoms. The van der Waals surface area contributed by atoms with Gasteiger partial charge in [-0.1, -0.05) is 25.1 Å². The number of carbonyl (C=O) groups is 2. The Morgan fingerprint density at radius 3 is 2.71 bits per heavy atom. The van der Waals surface area contributed by atoms with Crippen molar-refractivity contribution >= 4 is 34.2 Å². The molecule has 3 heterocycles. The lowest BCUT2D eigenvalue weighted by atomic mass is 9.91. The fourth-order valence-corrected chi connectivity index (χ4v) is 5.07. The molecule has 1 aliphatic rings. The molecule has 0 radical (unpaired) electrons. The maximum Gasteiger partial charge on any atom is 0.326 e. The number of carboxylic acid groups (broad SMARTS) is 1. The Bertz CT molecular complexity index is 1040. The SMILES string of the molecule is CCNC(=O)N1[C@@H](c2ccc(CC)s2)c2[nH]c3ccccc3c2C[C@H]1C(=O)O. The zero-order valence-corrected chi connectivity index (χ0v) is 16.7. The van der Waals surface area contributed by atoms with Crippen molar-refractivity contribution in [1.29, 1.82) is 0 Å². The number of aliphatic carboxylic acids is 1. The molecule has 6 nitrogen and oxygen atoms in total. The Labute approximate surface area is 167 Å².